The van der Waals surface area contributed by atoms with Crippen LogP contribution in [0.2, 0.25) is 0 Å². The third-order valence-electron chi connectivity index (χ3n) is 1.77. The highest BCUT2D eigenvalue weighted by atomic mass is 19.2. The first-order valence-electron chi connectivity index (χ1n) is 4.36. The van der Waals surface area contributed by atoms with E-state index < -0.39 is 23.7 Å². The molecule has 0 saturated heterocycles. The molecule has 82 valence electrons. The zero-order chi connectivity index (χ0) is 11.4. The molecule has 0 aliphatic rings. The molecule has 1 N–H and O–H groups in total. The van der Waals surface area contributed by atoms with Gasteiger partial charge in [-0.1, -0.05) is 6.07 Å². The molecule has 0 heterocycles. The van der Waals surface area contributed by atoms with Gasteiger partial charge in [0.1, 0.15) is 0 Å². The average Bonchev–Trinajstić information content (AvgIpc) is 2.21. The number of aliphatic hydroxyl groups is 1. The average molecular weight is 216 g/mol. The third-order valence-corrected chi connectivity index (χ3v) is 1.77. The molecule has 1 rings (SSSR count). The molecular formula is C10H10F2O3. The number of carbonyl (C=O) groups is 1. The number of aliphatic hydroxyl groups excluding tert-OH is 1. The van der Waals surface area contributed by atoms with Crippen molar-refractivity contribution in [2.24, 2.45) is 0 Å². The Labute approximate surface area is 85.3 Å². The van der Waals surface area contributed by atoms with Crippen LogP contribution in [0.15, 0.2) is 18.2 Å². The van der Waals surface area contributed by atoms with Gasteiger partial charge in [0.25, 0.3) is 0 Å². The summed E-state index contributed by atoms with van der Waals surface area (Å²) in [6.45, 7) is 1.69. The first-order chi connectivity index (χ1) is 7.06. The minimum absolute atomic E-state index is 0.0349. The van der Waals surface area contributed by atoms with Crippen LogP contribution in [0.4, 0.5) is 8.78 Å². The Morgan fingerprint density at radius 3 is 2.67 bits per heavy atom. The van der Waals surface area contributed by atoms with Crippen LogP contribution in [0.1, 0.15) is 18.6 Å². The van der Waals surface area contributed by atoms with Crippen LogP contribution >= 0.6 is 0 Å². The van der Waals surface area contributed by atoms with E-state index in [0.717, 1.165) is 18.2 Å². The molecule has 0 aliphatic heterocycles. The summed E-state index contributed by atoms with van der Waals surface area (Å²) in [4.78, 5) is 11.1. The van der Waals surface area contributed by atoms with Gasteiger partial charge in [-0.3, -0.25) is 0 Å². The van der Waals surface area contributed by atoms with Crippen molar-refractivity contribution < 1.29 is 23.4 Å². The van der Waals surface area contributed by atoms with Crippen molar-refractivity contribution in [2.75, 3.05) is 6.61 Å². The number of halogens is 2. The summed E-state index contributed by atoms with van der Waals surface area (Å²) in [6.07, 6.45) is -1.58. The molecule has 0 bridgehead atoms. The van der Waals surface area contributed by atoms with Gasteiger partial charge >= 0.3 is 5.97 Å². The highest BCUT2D eigenvalue weighted by molar-refractivity contribution is 5.76. The van der Waals surface area contributed by atoms with E-state index in [1.165, 1.54) is 0 Å². The summed E-state index contributed by atoms with van der Waals surface area (Å²) in [7, 11) is 0. The van der Waals surface area contributed by atoms with E-state index in [4.69, 9.17) is 0 Å². The number of hydrogen-bond acceptors (Lipinski definition) is 3. The fourth-order valence-electron chi connectivity index (χ4n) is 1.04. The molecule has 0 unspecified atom stereocenters. The highest BCUT2D eigenvalue weighted by Gasteiger charge is 2.19. The molecule has 0 aliphatic carbocycles. The van der Waals surface area contributed by atoms with Gasteiger partial charge in [-0.15, -0.1) is 0 Å². The number of hydrogen-bond donors (Lipinski definition) is 1. The Morgan fingerprint density at radius 1 is 1.47 bits per heavy atom. The van der Waals surface area contributed by atoms with Crippen molar-refractivity contribution in [3.05, 3.63) is 35.4 Å². The van der Waals surface area contributed by atoms with Crippen LogP contribution in [0.5, 0.6) is 0 Å². The fraction of sp³-hybridized carbons (Fsp3) is 0.300. The summed E-state index contributed by atoms with van der Waals surface area (Å²) in [5.41, 5.74) is -0.0349. The summed E-state index contributed by atoms with van der Waals surface area (Å²) in [5, 5.41) is 9.37. The molecule has 0 spiro atoms. The summed E-state index contributed by atoms with van der Waals surface area (Å²) >= 11 is 0. The number of carbonyl (C=O) groups excluding carboxylic acids is 1. The second-order valence-electron chi connectivity index (χ2n) is 2.83. The molecule has 1 aromatic carbocycles. The first kappa shape index (κ1) is 11.6. The number of rotatable bonds is 3. The zero-order valence-corrected chi connectivity index (χ0v) is 8.04. The maximum absolute atomic E-state index is 12.8. The van der Waals surface area contributed by atoms with Crippen molar-refractivity contribution in [1.82, 2.24) is 0 Å². The number of ether oxygens (including phenoxy) is 1. The predicted molar refractivity (Wildman–Crippen MR) is 48.0 cm³/mol. The predicted octanol–water partition coefficient (Wildman–Crippen LogP) is 1.56. The summed E-state index contributed by atoms with van der Waals surface area (Å²) in [5.74, 6) is -3.03. The van der Waals surface area contributed by atoms with Gasteiger partial charge in [-0.2, -0.15) is 0 Å². The summed E-state index contributed by atoms with van der Waals surface area (Å²) < 4.78 is 29.8. The van der Waals surface area contributed by atoms with E-state index in [1.54, 1.807) is 6.92 Å². The van der Waals surface area contributed by atoms with E-state index in [-0.39, 0.29) is 12.2 Å². The van der Waals surface area contributed by atoms with Crippen molar-refractivity contribution in [3.63, 3.8) is 0 Å². The quantitative estimate of drug-likeness (QED) is 0.780. The Hall–Kier alpha value is -1.49. The van der Waals surface area contributed by atoms with Crippen molar-refractivity contribution in [2.45, 2.75) is 13.0 Å². The topological polar surface area (TPSA) is 46.5 Å². The van der Waals surface area contributed by atoms with E-state index >= 15 is 0 Å². The lowest BCUT2D eigenvalue weighted by molar-refractivity contribution is -0.153. The lowest BCUT2D eigenvalue weighted by Gasteiger charge is -2.09. The van der Waals surface area contributed by atoms with E-state index in [2.05, 4.69) is 4.74 Å². The SMILES string of the molecule is CCOC(=O)[C@@H](O)c1ccc(F)c(F)c1. The van der Waals surface area contributed by atoms with Gasteiger partial charge in [-0.25, -0.2) is 13.6 Å². The molecule has 15 heavy (non-hydrogen) atoms. The molecule has 1 aromatic rings. The number of benzene rings is 1. The largest absolute Gasteiger partial charge is 0.464 e. The van der Waals surface area contributed by atoms with Gasteiger partial charge in [0, 0.05) is 0 Å². The zero-order valence-electron chi connectivity index (χ0n) is 8.04. The second-order valence-corrected chi connectivity index (χ2v) is 2.83. The molecule has 0 aromatic heterocycles. The highest BCUT2D eigenvalue weighted by Crippen LogP contribution is 2.17. The molecule has 0 fully saturated rings. The van der Waals surface area contributed by atoms with Crippen molar-refractivity contribution in [3.8, 4) is 0 Å². The Bertz CT molecular complexity index is 366. The van der Waals surface area contributed by atoms with Crippen LogP contribution in [0.3, 0.4) is 0 Å². The summed E-state index contributed by atoms with van der Waals surface area (Å²) in [6, 6.07) is 2.73. The monoisotopic (exact) mass is 216 g/mol. The van der Waals surface area contributed by atoms with E-state index in [1.807, 2.05) is 0 Å². The fourth-order valence-corrected chi connectivity index (χ4v) is 1.04. The van der Waals surface area contributed by atoms with E-state index in [0.29, 0.717) is 0 Å². The normalized spacial score (nSPS) is 12.3. The second kappa shape index (κ2) is 4.84. The van der Waals surface area contributed by atoms with Gasteiger partial charge in [0.05, 0.1) is 6.61 Å². The first-order valence-corrected chi connectivity index (χ1v) is 4.36. The van der Waals surface area contributed by atoms with Gasteiger partial charge < -0.3 is 9.84 Å². The molecule has 3 nitrogen and oxygen atoms in total. The van der Waals surface area contributed by atoms with Crippen molar-refractivity contribution in [1.29, 1.82) is 0 Å². The van der Waals surface area contributed by atoms with Crippen LogP contribution in [-0.4, -0.2) is 17.7 Å². The molecule has 5 heteroatoms. The van der Waals surface area contributed by atoms with Gasteiger partial charge in [0.2, 0.25) is 0 Å². The standard InChI is InChI=1S/C10H10F2O3/c1-2-15-10(14)9(13)6-3-4-7(11)8(12)5-6/h3-5,9,13H,2H2,1H3/t9-/m0/s1. The lowest BCUT2D eigenvalue weighted by atomic mass is 10.1. The van der Waals surface area contributed by atoms with Crippen LogP contribution in [-0.2, 0) is 9.53 Å². The minimum atomic E-state index is -1.58. The molecule has 1 atom stereocenters. The molecule has 0 radical (unpaired) electrons. The van der Waals surface area contributed by atoms with Crippen molar-refractivity contribution >= 4 is 5.97 Å². The van der Waals surface area contributed by atoms with Gasteiger partial charge in [-0.05, 0) is 24.6 Å². The Kier molecular flexibility index (Phi) is 3.74. The van der Waals surface area contributed by atoms with Crippen LogP contribution in [0.25, 0.3) is 0 Å². The molecule has 0 saturated carbocycles. The van der Waals surface area contributed by atoms with E-state index in [9.17, 15) is 18.7 Å². The minimum Gasteiger partial charge on any atom is -0.464 e. The Balaban J connectivity index is 2.86. The lowest BCUT2D eigenvalue weighted by Crippen LogP contribution is -2.15. The third kappa shape index (κ3) is 2.73. The maximum atomic E-state index is 12.8. The molecule has 0 amide bonds. The molecular weight excluding hydrogens is 206 g/mol. The maximum Gasteiger partial charge on any atom is 0.339 e. The number of esters is 1. The van der Waals surface area contributed by atoms with Crippen LogP contribution < -0.4 is 0 Å². The Morgan fingerprint density at radius 2 is 2.13 bits per heavy atom. The smallest absolute Gasteiger partial charge is 0.339 e. The van der Waals surface area contributed by atoms with Gasteiger partial charge in [0.15, 0.2) is 17.7 Å². The van der Waals surface area contributed by atoms with Crippen LogP contribution in [0, 0.1) is 11.6 Å².